The molecular formula is C22H16N6S. The molecule has 0 radical (unpaired) electrons. The Hall–Kier alpha value is -3.63. The summed E-state index contributed by atoms with van der Waals surface area (Å²) in [7, 11) is 0. The van der Waals surface area contributed by atoms with E-state index in [2.05, 4.69) is 46.4 Å². The van der Waals surface area contributed by atoms with Crippen molar-refractivity contribution >= 4 is 27.2 Å². The summed E-state index contributed by atoms with van der Waals surface area (Å²) in [4.78, 5) is 4.37. The largest absolute Gasteiger partial charge is 0.245 e. The minimum atomic E-state index is 0.0738. The predicted octanol–water partition coefficient (Wildman–Crippen LogP) is 4.81. The Morgan fingerprint density at radius 1 is 1.10 bits per heavy atom. The highest BCUT2D eigenvalue weighted by molar-refractivity contribution is 7.16. The normalized spacial score (nSPS) is 12.3. The lowest BCUT2D eigenvalue weighted by Crippen LogP contribution is -2.08. The van der Waals surface area contributed by atoms with Gasteiger partial charge in [0.15, 0.2) is 11.5 Å². The van der Waals surface area contributed by atoms with E-state index >= 15 is 0 Å². The van der Waals surface area contributed by atoms with Gasteiger partial charge in [-0.2, -0.15) is 14.9 Å². The lowest BCUT2D eigenvalue weighted by atomic mass is 9.95. The molecule has 6 nitrogen and oxygen atoms in total. The van der Waals surface area contributed by atoms with E-state index in [4.69, 9.17) is 5.10 Å². The van der Waals surface area contributed by atoms with E-state index in [1.54, 1.807) is 17.4 Å². The molecule has 0 bridgehead atoms. The molecular weight excluding hydrogens is 380 g/mol. The third kappa shape index (κ3) is 3.04. The number of fused-ring (bicyclic) bond motifs is 2. The number of hydrogen-bond donors (Lipinski definition) is 0. The van der Waals surface area contributed by atoms with E-state index in [0.29, 0.717) is 11.2 Å². The predicted molar refractivity (Wildman–Crippen MR) is 113 cm³/mol. The number of rotatable bonds is 4. The summed E-state index contributed by atoms with van der Waals surface area (Å²) >= 11 is 1.64. The first-order valence-corrected chi connectivity index (χ1v) is 10.2. The Balaban J connectivity index is 1.62. The van der Waals surface area contributed by atoms with Crippen LogP contribution in [0.3, 0.4) is 0 Å². The summed E-state index contributed by atoms with van der Waals surface area (Å²) in [5, 5.41) is 22.8. The lowest BCUT2D eigenvalue weighted by Gasteiger charge is -2.13. The fourth-order valence-electron chi connectivity index (χ4n) is 3.58. The summed E-state index contributed by atoms with van der Waals surface area (Å²) < 4.78 is 2.98. The van der Waals surface area contributed by atoms with Crippen LogP contribution >= 0.6 is 11.3 Å². The van der Waals surface area contributed by atoms with Crippen LogP contribution < -0.4 is 0 Å². The summed E-state index contributed by atoms with van der Waals surface area (Å²) in [5.74, 6) is 0.884. The van der Waals surface area contributed by atoms with Crippen molar-refractivity contribution in [2.24, 2.45) is 0 Å². The van der Waals surface area contributed by atoms with E-state index in [1.165, 1.54) is 5.56 Å². The molecule has 0 saturated carbocycles. The fourth-order valence-corrected chi connectivity index (χ4v) is 4.31. The smallest absolute Gasteiger partial charge is 0.177 e. The minimum absolute atomic E-state index is 0.0738. The SMILES string of the molecule is CC[C@@H](c1ccc2ncsc2c1)c1nnc2ccc(-c3cccc(C#N)c3)nn12. The van der Waals surface area contributed by atoms with Gasteiger partial charge < -0.3 is 0 Å². The van der Waals surface area contributed by atoms with Gasteiger partial charge in [-0.3, -0.25) is 0 Å². The number of nitriles is 1. The van der Waals surface area contributed by atoms with Crippen molar-refractivity contribution in [2.75, 3.05) is 0 Å². The van der Waals surface area contributed by atoms with Crippen molar-refractivity contribution < 1.29 is 0 Å². The zero-order valence-corrected chi connectivity index (χ0v) is 16.5. The molecule has 0 aliphatic carbocycles. The Kier molecular flexibility index (Phi) is 4.26. The molecule has 0 amide bonds. The summed E-state index contributed by atoms with van der Waals surface area (Å²) in [5.41, 5.74) is 7.04. The lowest BCUT2D eigenvalue weighted by molar-refractivity contribution is 0.682. The highest BCUT2D eigenvalue weighted by Crippen LogP contribution is 2.30. The van der Waals surface area contributed by atoms with E-state index < -0.39 is 0 Å². The standard InChI is InChI=1S/C22H16N6S/c1-2-17(15-6-7-19-20(11-15)29-13-24-19)22-26-25-21-9-8-18(27-28(21)22)16-5-3-4-14(10-16)12-23/h3-11,13,17H,2H2,1H3/t17-/m0/s1. The quantitative estimate of drug-likeness (QED) is 0.435. The molecule has 0 N–H and O–H groups in total. The van der Waals surface area contributed by atoms with Crippen LogP contribution in [0.2, 0.25) is 0 Å². The molecule has 0 fully saturated rings. The molecule has 1 atom stereocenters. The molecule has 0 unspecified atom stereocenters. The van der Waals surface area contributed by atoms with Crippen LogP contribution in [0.4, 0.5) is 0 Å². The van der Waals surface area contributed by atoms with Crippen molar-refractivity contribution in [3.05, 3.63) is 77.1 Å². The highest BCUT2D eigenvalue weighted by atomic mass is 32.1. The topological polar surface area (TPSA) is 79.8 Å². The van der Waals surface area contributed by atoms with Crippen molar-refractivity contribution in [1.82, 2.24) is 24.8 Å². The molecule has 0 spiro atoms. The van der Waals surface area contributed by atoms with Crippen LogP contribution in [0.5, 0.6) is 0 Å². The minimum Gasteiger partial charge on any atom is -0.245 e. The van der Waals surface area contributed by atoms with Crippen LogP contribution in [-0.4, -0.2) is 24.8 Å². The second-order valence-corrected chi connectivity index (χ2v) is 7.67. The molecule has 3 heterocycles. The number of aromatic nitrogens is 5. The molecule has 5 rings (SSSR count). The van der Waals surface area contributed by atoms with Gasteiger partial charge in [-0.25, -0.2) is 4.98 Å². The van der Waals surface area contributed by atoms with E-state index in [-0.39, 0.29) is 5.92 Å². The van der Waals surface area contributed by atoms with Crippen LogP contribution in [-0.2, 0) is 0 Å². The van der Waals surface area contributed by atoms with Gasteiger partial charge in [-0.1, -0.05) is 25.1 Å². The van der Waals surface area contributed by atoms with Gasteiger partial charge >= 0.3 is 0 Å². The van der Waals surface area contributed by atoms with Gasteiger partial charge in [0.05, 0.1) is 33.1 Å². The second-order valence-electron chi connectivity index (χ2n) is 6.78. The third-order valence-corrected chi connectivity index (χ3v) is 5.84. The average molecular weight is 396 g/mol. The zero-order chi connectivity index (χ0) is 19.8. The maximum atomic E-state index is 9.18. The summed E-state index contributed by atoms with van der Waals surface area (Å²) in [6, 6.07) is 19.8. The van der Waals surface area contributed by atoms with Gasteiger partial charge in [0.1, 0.15) is 0 Å². The first-order chi connectivity index (χ1) is 14.3. The van der Waals surface area contributed by atoms with Crippen LogP contribution in [0.15, 0.2) is 60.1 Å². The zero-order valence-electron chi connectivity index (χ0n) is 15.6. The Labute approximate surface area is 171 Å². The van der Waals surface area contributed by atoms with Gasteiger partial charge in [0.2, 0.25) is 0 Å². The molecule has 7 heteroatoms. The highest BCUT2D eigenvalue weighted by Gasteiger charge is 2.20. The van der Waals surface area contributed by atoms with E-state index in [0.717, 1.165) is 33.7 Å². The third-order valence-electron chi connectivity index (χ3n) is 5.05. The number of thiazole rings is 1. The van der Waals surface area contributed by atoms with Crippen molar-refractivity contribution in [2.45, 2.75) is 19.3 Å². The summed E-state index contributed by atoms with van der Waals surface area (Å²) in [6.07, 6.45) is 0.876. The molecule has 3 aromatic heterocycles. The Morgan fingerprint density at radius 3 is 2.90 bits per heavy atom. The van der Waals surface area contributed by atoms with E-state index in [9.17, 15) is 5.26 Å². The fraction of sp³-hybridized carbons (Fsp3) is 0.136. The second kappa shape index (κ2) is 7.08. The van der Waals surface area contributed by atoms with Crippen LogP contribution in [0.25, 0.3) is 27.1 Å². The van der Waals surface area contributed by atoms with Crippen molar-refractivity contribution in [1.29, 1.82) is 5.26 Å². The van der Waals surface area contributed by atoms with E-state index in [1.807, 2.05) is 40.4 Å². The first-order valence-electron chi connectivity index (χ1n) is 9.33. The van der Waals surface area contributed by atoms with Gasteiger partial charge in [-0.05, 0) is 48.4 Å². The number of nitrogens with zero attached hydrogens (tertiary/aromatic N) is 6. The summed E-state index contributed by atoms with van der Waals surface area (Å²) in [6.45, 7) is 2.14. The van der Waals surface area contributed by atoms with Crippen molar-refractivity contribution in [3.63, 3.8) is 0 Å². The monoisotopic (exact) mass is 396 g/mol. The average Bonchev–Trinajstić information content (AvgIpc) is 3.41. The molecule has 5 aromatic rings. The molecule has 0 saturated heterocycles. The molecule has 0 aliphatic heterocycles. The van der Waals surface area contributed by atoms with Crippen molar-refractivity contribution in [3.8, 4) is 17.3 Å². The maximum absolute atomic E-state index is 9.18. The molecule has 2 aromatic carbocycles. The Morgan fingerprint density at radius 2 is 2.03 bits per heavy atom. The first kappa shape index (κ1) is 17.5. The number of benzene rings is 2. The van der Waals surface area contributed by atoms with Gasteiger partial charge in [-0.15, -0.1) is 21.5 Å². The van der Waals surface area contributed by atoms with Gasteiger partial charge in [0, 0.05) is 11.5 Å². The molecule has 0 aliphatic rings. The van der Waals surface area contributed by atoms with Gasteiger partial charge in [0.25, 0.3) is 0 Å². The molecule has 140 valence electrons. The van der Waals surface area contributed by atoms with Crippen LogP contribution in [0.1, 0.15) is 36.2 Å². The number of hydrogen-bond acceptors (Lipinski definition) is 6. The molecule has 29 heavy (non-hydrogen) atoms. The van der Waals surface area contributed by atoms with Crippen LogP contribution in [0, 0.1) is 11.3 Å². The maximum Gasteiger partial charge on any atom is 0.177 e. The Bertz CT molecular complexity index is 1380.